The van der Waals surface area contributed by atoms with Gasteiger partial charge >= 0.3 is 6.18 Å². The number of rotatable bonds is 2. The summed E-state index contributed by atoms with van der Waals surface area (Å²) in [5.74, 6) is -0.947. The average Bonchev–Trinajstić information content (AvgIpc) is 2.73. The van der Waals surface area contributed by atoms with E-state index < -0.39 is 17.5 Å². The second-order valence-corrected chi connectivity index (χ2v) is 4.42. The third kappa shape index (κ3) is 1.86. The first-order valence-corrected chi connectivity index (χ1v) is 5.40. The van der Waals surface area contributed by atoms with Crippen LogP contribution >= 0.6 is 0 Å². The Morgan fingerprint density at radius 2 is 2.06 bits per heavy atom. The number of halogens is 3. The zero-order valence-corrected chi connectivity index (χ0v) is 9.67. The molecule has 0 radical (unpaired) electrons. The molecule has 1 atom stereocenters. The van der Waals surface area contributed by atoms with Gasteiger partial charge < -0.3 is 10.5 Å². The zero-order valence-electron chi connectivity index (χ0n) is 9.67. The third-order valence-electron chi connectivity index (χ3n) is 3.02. The molecule has 2 rings (SSSR count). The molecule has 0 saturated heterocycles. The molecule has 6 heteroatoms. The number of nitrogens with two attached hydrogens (primary N) is 1. The van der Waals surface area contributed by atoms with Gasteiger partial charge in [0.05, 0.1) is 12.2 Å². The average molecular weight is 259 g/mol. The number of ether oxygens (including phenoxy) is 1. The van der Waals surface area contributed by atoms with Crippen LogP contribution in [-0.2, 0) is 6.42 Å². The maximum atomic E-state index is 12.7. The fraction of sp³-hybridized carbons (Fsp3) is 0.417. The van der Waals surface area contributed by atoms with E-state index in [0.29, 0.717) is 20.0 Å². The van der Waals surface area contributed by atoms with Gasteiger partial charge in [0.2, 0.25) is 0 Å². The molecule has 1 aromatic rings. The fourth-order valence-corrected chi connectivity index (χ4v) is 1.80. The highest BCUT2D eigenvalue weighted by atomic mass is 19.4. The molecule has 0 aromatic heterocycles. The summed E-state index contributed by atoms with van der Waals surface area (Å²) in [5.41, 5.74) is 2.86. The van der Waals surface area contributed by atoms with Crippen molar-refractivity contribution >= 4 is 5.78 Å². The number of ketones is 1. The van der Waals surface area contributed by atoms with Crippen LogP contribution in [0, 0.1) is 0 Å². The quantitative estimate of drug-likeness (QED) is 0.827. The van der Waals surface area contributed by atoms with Crippen molar-refractivity contribution in [3.8, 4) is 5.75 Å². The van der Waals surface area contributed by atoms with Crippen LogP contribution in [0.1, 0.15) is 22.8 Å². The summed E-state index contributed by atoms with van der Waals surface area (Å²) in [4.78, 5) is 11.9. The summed E-state index contributed by atoms with van der Waals surface area (Å²) in [6.07, 6.45) is -4.21. The van der Waals surface area contributed by atoms with Gasteiger partial charge in [0.1, 0.15) is 5.75 Å². The molecule has 0 amide bonds. The molecule has 1 aliphatic rings. The maximum Gasteiger partial charge on any atom is 0.413 e. The molecule has 1 aromatic carbocycles. The second-order valence-electron chi connectivity index (χ2n) is 4.42. The first-order chi connectivity index (χ1) is 8.25. The highest BCUT2D eigenvalue weighted by Crippen LogP contribution is 2.36. The Morgan fingerprint density at radius 3 is 2.67 bits per heavy atom. The van der Waals surface area contributed by atoms with Crippen LogP contribution in [-0.4, -0.2) is 24.1 Å². The summed E-state index contributed by atoms with van der Waals surface area (Å²) < 4.78 is 43.4. The summed E-state index contributed by atoms with van der Waals surface area (Å²) >= 11 is 0. The van der Waals surface area contributed by atoms with Gasteiger partial charge in [0, 0.05) is 6.42 Å². The molecule has 0 spiro atoms. The standard InChI is InChI=1S/C12H12F3NO2/c1-11(16,12(13,14)15)10(17)8-4-2-3-7-5-6-18-9(7)8/h2-4H,5-6,16H2,1H3. The molecule has 2 N–H and O–H groups in total. The monoisotopic (exact) mass is 259 g/mol. The molecular formula is C12H12F3NO2. The number of alkyl halides is 3. The number of Topliss-reactive ketones (excluding diaryl/α,β-unsaturated/α-hetero) is 1. The molecule has 0 bridgehead atoms. The van der Waals surface area contributed by atoms with Gasteiger partial charge in [-0.1, -0.05) is 12.1 Å². The van der Waals surface area contributed by atoms with Crippen molar-refractivity contribution in [2.24, 2.45) is 5.73 Å². The molecule has 0 fully saturated rings. The molecule has 0 saturated carbocycles. The third-order valence-corrected chi connectivity index (χ3v) is 3.02. The summed E-state index contributed by atoms with van der Waals surface area (Å²) in [5, 5.41) is 0. The van der Waals surface area contributed by atoms with Crippen LogP contribution in [0.2, 0.25) is 0 Å². The van der Waals surface area contributed by atoms with E-state index >= 15 is 0 Å². The number of hydrogen-bond donors (Lipinski definition) is 1. The Morgan fingerprint density at radius 1 is 1.39 bits per heavy atom. The molecule has 3 nitrogen and oxygen atoms in total. The van der Waals surface area contributed by atoms with Gasteiger partial charge in [-0.2, -0.15) is 13.2 Å². The van der Waals surface area contributed by atoms with Gasteiger partial charge in [-0.3, -0.25) is 4.79 Å². The fourth-order valence-electron chi connectivity index (χ4n) is 1.80. The highest BCUT2D eigenvalue weighted by molar-refractivity contribution is 6.06. The van der Waals surface area contributed by atoms with Crippen LogP contribution in [0.15, 0.2) is 18.2 Å². The lowest BCUT2D eigenvalue weighted by atomic mass is 9.90. The predicted octanol–water partition coefficient (Wildman–Crippen LogP) is 2.08. The first-order valence-electron chi connectivity index (χ1n) is 5.40. The number of hydrogen-bond acceptors (Lipinski definition) is 3. The van der Waals surface area contributed by atoms with E-state index in [9.17, 15) is 18.0 Å². The Kier molecular flexibility index (Phi) is 2.85. The number of carbonyl (C=O) groups is 1. The van der Waals surface area contributed by atoms with E-state index in [1.807, 2.05) is 0 Å². The van der Waals surface area contributed by atoms with Gasteiger partial charge in [0.15, 0.2) is 11.3 Å². The number of carbonyl (C=O) groups excluding carboxylic acids is 1. The van der Waals surface area contributed by atoms with Crippen molar-refractivity contribution < 1.29 is 22.7 Å². The van der Waals surface area contributed by atoms with E-state index in [-0.39, 0.29) is 11.3 Å². The molecule has 18 heavy (non-hydrogen) atoms. The minimum Gasteiger partial charge on any atom is -0.492 e. The van der Waals surface area contributed by atoms with Gasteiger partial charge in [-0.05, 0) is 18.6 Å². The lowest BCUT2D eigenvalue weighted by Gasteiger charge is -2.26. The molecule has 0 aliphatic carbocycles. The molecule has 1 unspecified atom stereocenters. The minimum atomic E-state index is -4.80. The van der Waals surface area contributed by atoms with Crippen LogP contribution in [0.5, 0.6) is 5.75 Å². The largest absolute Gasteiger partial charge is 0.492 e. The van der Waals surface area contributed by atoms with Crippen LogP contribution < -0.4 is 10.5 Å². The highest BCUT2D eigenvalue weighted by Gasteiger charge is 2.54. The Balaban J connectivity index is 2.45. The Bertz CT molecular complexity index is 495. The van der Waals surface area contributed by atoms with E-state index in [4.69, 9.17) is 10.5 Å². The van der Waals surface area contributed by atoms with E-state index in [1.165, 1.54) is 12.1 Å². The second kappa shape index (κ2) is 3.98. The Labute approximate surface area is 102 Å². The molecule has 1 aliphatic heterocycles. The van der Waals surface area contributed by atoms with Crippen molar-refractivity contribution in [1.82, 2.24) is 0 Å². The smallest absolute Gasteiger partial charge is 0.413 e. The molecule has 1 heterocycles. The van der Waals surface area contributed by atoms with Crippen molar-refractivity contribution in [3.63, 3.8) is 0 Å². The normalized spacial score (nSPS) is 17.8. The van der Waals surface area contributed by atoms with Gasteiger partial charge in [-0.15, -0.1) is 0 Å². The number of para-hydroxylation sites is 1. The Hall–Kier alpha value is -1.56. The van der Waals surface area contributed by atoms with Crippen molar-refractivity contribution in [2.45, 2.75) is 25.1 Å². The SMILES string of the molecule is CC(N)(C(=O)c1cccc2c1OCC2)C(F)(F)F. The summed E-state index contributed by atoms with van der Waals surface area (Å²) in [6.45, 7) is 1.04. The van der Waals surface area contributed by atoms with E-state index in [2.05, 4.69) is 0 Å². The van der Waals surface area contributed by atoms with Crippen molar-refractivity contribution in [3.05, 3.63) is 29.3 Å². The van der Waals surface area contributed by atoms with Crippen LogP contribution in [0.4, 0.5) is 13.2 Å². The lowest BCUT2D eigenvalue weighted by Crippen LogP contribution is -2.57. The topological polar surface area (TPSA) is 52.3 Å². The van der Waals surface area contributed by atoms with Gasteiger partial charge in [-0.25, -0.2) is 0 Å². The minimum absolute atomic E-state index is 0.104. The van der Waals surface area contributed by atoms with Crippen LogP contribution in [0.25, 0.3) is 0 Å². The van der Waals surface area contributed by atoms with Crippen molar-refractivity contribution in [2.75, 3.05) is 6.61 Å². The summed E-state index contributed by atoms with van der Waals surface area (Å²) in [6, 6.07) is 4.57. The van der Waals surface area contributed by atoms with Crippen molar-refractivity contribution in [1.29, 1.82) is 0 Å². The number of fused-ring (bicyclic) bond motifs is 1. The van der Waals surface area contributed by atoms with Gasteiger partial charge in [0.25, 0.3) is 0 Å². The summed E-state index contributed by atoms with van der Waals surface area (Å²) in [7, 11) is 0. The molecular weight excluding hydrogens is 247 g/mol. The van der Waals surface area contributed by atoms with E-state index in [0.717, 1.165) is 5.56 Å². The predicted molar refractivity (Wildman–Crippen MR) is 58.6 cm³/mol. The zero-order chi connectivity index (χ0) is 13.6. The van der Waals surface area contributed by atoms with Crippen LogP contribution in [0.3, 0.4) is 0 Å². The lowest BCUT2D eigenvalue weighted by molar-refractivity contribution is -0.165. The number of benzene rings is 1. The molecule has 98 valence electrons. The van der Waals surface area contributed by atoms with E-state index in [1.54, 1.807) is 6.07 Å². The maximum absolute atomic E-state index is 12.7. The first kappa shape index (κ1) is 12.9.